The van der Waals surface area contributed by atoms with Gasteiger partial charge in [-0.25, -0.2) is 9.97 Å². The topological polar surface area (TPSA) is 37.8 Å². The van der Waals surface area contributed by atoms with Crippen LogP contribution in [0.25, 0.3) is 0 Å². The molecule has 0 amide bonds. The molecule has 3 nitrogen and oxygen atoms in total. The average Bonchev–Trinajstić information content (AvgIpc) is 2.62. The fourth-order valence-electron chi connectivity index (χ4n) is 2.75. The van der Waals surface area contributed by atoms with E-state index >= 15 is 0 Å². The third-order valence-corrected chi connectivity index (χ3v) is 4.43. The van der Waals surface area contributed by atoms with Gasteiger partial charge in [-0.1, -0.05) is 42.8 Å². The molecule has 0 unspecified atom stereocenters. The predicted molar refractivity (Wildman–Crippen MR) is 102 cm³/mol. The van der Waals surface area contributed by atoms with Gasteiger partial charge in [0.1, 0.15) is 11.0 Å². The average molecular weight is 398 g/mol. The van der Waals surface area contributed by atoms with Gasteiger partial charge in [-0.15, -0.1) is 6.58 Å². The lowest BCUT2D eigenvalue weighted by molar-refractivity contribution is -0.137. The molecule has 146 valence electrons. The Morgan fingerprint density at radius 3 is 2.67 bits per heavy atom. The number of nitrogens with one attached hydrogen (secondary N) is 1. The SMILES string of the molecule is C=CCCNCCc1c(Cl)nc(Cc2cccc(C(F)(F)F)c2)nc1CC. The molecule has 0 saturated heterocycles. The van der Waals surface area contributed by atoms with Crippen molar-refractivity contribution in [2.75, 3.05) is 13.1 Å². The molecule has 0 atom stereocenters. The van der Waals surface area contributed by atoms with Gasteiger partial charge in [-0.3, -0.25) is 0 Å². The van der Waals surface area contributed by atoms with E-state index in [0.717, 1.165) is 42.9 Å². The van der Waals surface area contributed by atoms with Gasteiger partial charge in [0.25, 0.3) is 0 Å². The fraction of sp³-hybridized carbons (Fsp3) is 0.400. The van der Waals surface area contributed by atoms with Gasteiger partial charge >= 0.3 is 6.18 Å². The lowest BCUT2D eigenvalue weighted by Gasteiger charge is -2.12. The zero-order chi connectivity index (χ0) is 19.9. The molecule has 0 fully saturated rings. The van der Waals surface area contributed by atoms with E-state index in [1.165, 1.54) is 6.07 Å². The second kappa shape index (κ2) is 9.85. The van der Waals surface area contributed by atoms with E-state index in [2.05, 4.69) is 21.9 Å². The standard InChI is InChI=1S/C20H23ClF3N3/c1-3-5-10-25-11-9-16-17(4-2)26-18(27-19(16)21)13-14-7-6-8-15(12-14)20(22,23)24/h3,6-8,12,25H,1,4-5,9-11,13H2,2H3. The van der Waals surface area contributed by atoms with Crippen LogP contribution in [0.2, 0.25) is 5.15 Å². The molecule has 1 aromatic heterocycles. The molecule has 0 aliphatic carbocycles. The Hall–Kier alpha value is -1.92. The van der Waals surface area contributed by atoms with Crippen molar-refractivity contribution in [2.24, 2.45) is 0 Å². The quantitative estimate of drug-likeness (QED) is 0.367. The number of alkyl halides is 3. The second-order valence-corrected chi connectivity index (χ2v) is 6.52. The number of hydrogen-bond acceptors (Lipinski definition) is 3. The Morgan fingerprint density at radius 1 is 1.22 bits per heavy atom. The molecule has 0 radical (unpaired) electrons. The lowest BCUT2D eigenvalue weighted by Crippen LogP contribution is -2.19. The maximum atomic E-state index is 12.9. The molecule has 0 aliphatic rings. The van der Waals surface area contributed by atoms with Crippen LogP contribution in [0, 0.1) is 0 Å². The summed E-state index contributed by atoms with van der Waals surface area (Å²) in [6, 6.07) is 5.21. The highest BCUT2D eigenvalue weighted by Gasteiger charge is 2.30. The molecule has 1 N–H and O–H groups in total. The summed E-state index contributed by atoms with van der Waals surface area (Å²) in [5, 5.41) is 3.67. The van der Waals surface area contributed by atoms with Crippen LogP contribution >= 0.6 is 11.6 Å². The Balaban J connectivity index is 2.15. The normalized spacial score (nSPS) is 11.6. The van der Waals surface area contributed by atoms with Crippen molar-refractivity contribution < 1.29 is 13.2 Å². The molecule has 0 aliphatic heterocycles. The van der Waals surface area contributed by atoms with Crippen molar-refractivity contribution in [3.63, 3.8) is 0 Å². The first-order chi connectivity index (χ1) is 12.8. The Morgan fingerprint density at radius 2 is 2.00 bits per heavy atom. The van der Waals surface area contributed by atoms with Gasteiger partial charge in [-0.2, -0.15) is 13.2 Å². The number of aryl methyl sites for hydroxylation is 1. The van der Waals surface area contributed by atoms with Crippen molar-refractivity contribution in [1.82, 2.24) is 15.3 Å². The zero-order valence-electron chi connectivity index (χ0n) is 15.2. The van der Waals surface area contributed by atoms with Crippen LogP contribution in [0.4, 0.5) is 13.2 Å². The van der Waals surface area contributed by atoms with Crippen LogP contribution in [0.3, 0.4) is 0 Å². The summed E-state index contributed by atoms with van der Waals surface area (Å²) in [6.07, 6.45) is -0.0488. The maximum Gasteiger partial charge on any atom is 0.416 e. The van der Waals surface area contributed by atoms with Gasteiger partial charge in [0.2, 0.25) is 0 Å². The van der Waals surface area contributed by atoms with Crippen molar-refractivity contribution in [3.8, 4) is 0 Å². The monoisotopic (exact) mass is 397 g/mol. The maximum absolute atomic E-state index is 12.9. The summed E-state index contributed by atoms with van der Waals surface area (Å²) in [7, 11) is 0. The molecular formula is C20H23ClF3N3. The van der Waals surface area contributed by atoms with Gasteiger partial charge in [0.05, 0.1) is 5.56 Å². The second-order valence-electron chi connectivity index (χ2n) is 6.16. The highest BCUT2D eigenvalue weighted by atomic mass is 35.5. The summed E-state index contributed by atoms with van der Waals surface area (Å²) >= 11 is 6.35. The number of rotatable bonds is 9. The van der Waals surface area contributed by atoms with Crippen LogP contribution in [-0.4, -0.2) is 23.1 Å². The first kappa shape index (κ1) is 21.4. The Labute approximate surface area is 162 Å². The molecule has 0 saturated carbocycles. The van der Waals surface area contributed by atoms with Crippen LogP contribution in [0.1, 0.15) is 41.6 Å². The predicted octanol–water partition coefficient (Wildman–Crippen LogP) is 5.01. The third kappa shape index (κ3) is 6.33. The Bertz CT molecular complexity index is 776. The van der Waals surface area contributed by atoms with Crippen LogP contribution in [-0.2, 0) is 25.4 Å². The molecular weight excluding hydrogens is 375 g/mol. The molecule has 2 aromatic rings. The zero-order valence-corrected chi connectivity index (χ0v) is 16.0. The fourth-order valence-corrected chi connectivity index (χ4v) is 3.05. The summed E-state index contributed by atoms with van der Waals surface area (Å²) in [6.45, 7) is 7.24. The summed E-state index contributed by atoms with van der Waals surface area (Å²) in [5.74, 6) is 0.430. The van der Waals surface area contributed by atoms with Crippen molar-refractivity contribution in [3.05, 3.63) is 70.3 Å². The summed E-state index contributed by atoms with van der Waals surface area (Å²) in [5.41, 5.74) is 1.55. The third-order valence-electron chi connectivity index (χ3n) is 4.12. The Kier molecular flexibility index (Phi) is 7.80. The molecule has 1 aromatic carbocycles. The molecule has 0 bridgehead atoms. The lowest BCUT2D eigenvalue weighted by atomic mass is 10.1. The van der Waals surface area contributed by atoms with Crippen molar-refractivity contribution >= 4 is 11.6 Å². The smallest absolute Gasteiger partial charge is 0.316 e. The van der Waals surface area contributed by atoms with Crippen LogP contribution < -0.4 is 5.32 Å². The minimum Gasteiger partial charge on any atom is -0.316 e. The van der Waals surface area contributed by atoms with Gasteiger partial charge in [0.15, 0.2) is 0 Å². The van der Waals surface area contributed by atoms with E-state index in [1.807, 2.05) is 13.0 Å². The summed E-state index contributed by atoms with van der Waals surface area (Å²) in [4.78, 5) is 8.85. The molecule has 0 spiro atoms. The number of nitrogens with zero attached hydrogens (tertiary/aromatic N) is 2. The first-order valence-electron chi connectivity index (χ1n) is 8.87. The van der Waals surface area contributed by atoms with E-state index < -0.39 is 11.7 Å². The minimum atomic E-state index is -4.37. The number of benzene rings is 1. The van der Waals surface area contributed by atoms with Crippen molar-refractivity contribution in [1.29, 1.82) is 0 Å². The number of hydrogen-bond donors (Lipinski definition) is 1. The number of halogens is 4. The number of aromatic nitrogens is 2. The van der Waals surface area contributed by atoms with E-state index in [1.54, 1.807) is 6.07 Å². The highest BCUT2D eigenvalue weighted by molar-refractivity contribution is 6.30. The minimum absolute atomic E-state index is 0.203. The van der Waals surface area contributed by atoms with Gasteiger partial charge < -0.3 is 5.32 Å². The van der Waals surface area contributed by atoms with E-state index in [9.17, 15) is 13.2 Å². The van der Waals surface area contributed by atoms with Crippen molar-refractivity contribution in [2.45, 2.75) is 38.8 Å². The molecule has 1 heterocycles. The van der Waals surface area contributed by atoms with Gasteiger partial charge in [-0.05, 0) is 44.0 Å². The first-order valence-corrected chi connectivity index (χ1v) is 9.24. The van der Waals surface area contributed by atoms with Crippen LogP contribution in [0.5, 0.6) is 0 Å². The highest BCUT2D eigenvalue weighted by Crippen LogP contribution is 2.30. The van der Waals surface area contributed by atoms with Crippen LogP contribution in [0.15, 0.2) is 36.9 Å². The largest absolute Gasteiger partial charge is 0.416 e. The van der Waals surface area contributed by atoms with Gasteiger partial charge in [0, 0.05) is 17.7 Å². The molecule has 27 heavy (non-hydrogen) atoms. The van der Waals surface area contributed by atoms with E-state index in [0.29, 0.717) is 29.4 Å². The van der Waals surface area contributed by atoms with E-state index in [-0.39, 0.29) is 6.42 Å². The summed E-state index contributed by atoms with van der Waals surface area (Å²) < 4.78 is 38.6. The molecule has 2 rings (SSSR count). The molecule has 7 heteroatoms. The van der Waals surface area contributed by atoms with E-state index in [4.69, 9.17) is 11.6 Å².